The SMILES string of the molecule is CN1CCN(CCCNC(=O)c2ccc3c(c2)NC(=O)c2ccccc2S3)CC1. The minimum atomic E-state index is -0.142. The van der Waals surface area contributed by atoms with E-state index >= 15 is 0 Å². The number of nitrogens with zero attached hydrogens (tertiary/aromatic N) is 2. The van der Waals surface area contributed by atoms with Gasteiger partial charge in [-0.3, -0.25) is 9.59 Å². The maximum absolute atomic E-state index is 12.6. The van der Waals surface area contributed by atoms with Gasteiger partial charge in [0.1, 0.15) is 0 Å². The first-order valence-corrected chi connectivity index (χ1v) is 10.8. The van der Waals surface area contributed by atoms with E-state index in [4.69, 9.17) is 0 Å². The first-order chi connectivity index (χ1) is 14.1. The Morgan fingerprint density at radius 3 is 2.72 bits per heavy atom. The third-order valence-corrected chi connectivity index (χ3v) is 6.53. The zero-order chi connectivity index (χ0) is 20.2. The Morgan fingerprint density at radius 2 is 1.90 bits per heavy atom. The molecule has 7 heteroatoms. The number of hydrogen-bond acceptors (Lipinski definition) is 5. The van der Waals surface area contributed by atoms with Crippen LogP contribution >= 0.6 is 11.8 Å². The number of carbonyl (C=O) groups is 2. The molecule has 2 aromatic carbocycles. The average molecular weight is 411 g/mol. The number of nitrogens with one attached hydrogen (secondary N) is 2. The summed E-state index contributed by atoms with van der Waals surface area (Å²) in [5.41, 5.74) is 1.90. The highest BCUT2D eigenvalue weighted by molar-refractivity contribution is 7.99. The van der Waals surface area contributed by atoms with Gasteiger partial charge in [-0.15, -0.1) is 0 Å². The second-order valence-corrected chi connectivity index (χ2v) is 8.60. The largest absolute Gasteiger partial charge is 0.352 e. The zero-order valence-corrected chi connectivity index (χ0v) is 17.4. The summed E-state index contributed by atoms with van der Waals surface area (Å²) in [6.45, 7) is 6.05. The normalized spacial score (nSPS) is 17.1. The molecule has 1 fully saturated rings. The van der Waals surface area contributed by atoms with Gasteiger partial charge in [0, 0.05) is 48.1 Å². The van der Waals surface area contributed by atoms with Gasteiger partial charge in [0.05, 0.1) is 11.3 Å². The van der Waals surface area contributed by atoms with E-state index in [9.17, 15) is 9.59 Å². The van der Waals surface area contributed by atoms with Gasteiger partial charge in [-0.05, 0) is 50.3 Å². The number of fused-ring (bicyclic) bond motifs is 2. The van der Waals surface area contributed by atoms with Gasteiger partial charge < -0.3 is 20.4 Å². The van der Waals surface area contributed by atoms with E-state index < -0.39 is 0 Å². The van der Waals surface area contributed by atoms with Gasteiger partial charge in [0.15, 0.2) is 0 Å². The molecule has 0 spiro atoms. The maximum Gasteiger partial charge on any atom is 0.256 e. The minimum Gasteiger partial charge on any atom is -0.352 e. The molecule has 29 heavy (non-hydrogen) atoms. The molecule has 2 aliphatic heterocycles. The molecular formula is C22H26N4O2S. The lowest BCUT2D eigenvalue weighted by Gasteiger charge is -2.32. The molecule has 0 aromatic heterocycles. The van der Waals surface area contributed by atoms with E-state index in [1.165, 1.54) is 0 Å². The number of rotatable bonds is 5. The standard InChI is InChI=1S/C22H26N4O2S/c1-25-11-13-26(14-12-25)10-4-9-23-21(27)16-7-8-20-18(15-16)24-22(28)17-5-2-3-6-19(17)29-20/h2-3,5-8,15H,4,9-14H2,1H3,(H,23,27)(H,24,28). The average Bonchev–Trinajstić information content (AvgIpc) is 2.87. The highest BCUT2D eigenvalue weighted by Crippen LogP contribution is 2.38. The molecule has 2 aromatic rings. The van der Waals surface area contributed by atoms with E-state index in [0.717, 1.165) is 48.9 Å². The van der Waals surface area contributed by atoms with Crippen LogP contribution in [0.15, 0.2) is 52.3 Å². The lowest BCUT2D eigenvalue weighted by molar-refractivity contribution is 0.0948. The summed E-state index contributed by atoms with van der Waals surface area (Å²) in [5.74, 6) is -0.247. The predicted molar refractivity (Wildman–Crippen MR) is 116 cm³/mol. The zero-order valence-electron chi connectivity index (χ0n) is 16.6. The van der Waals surface area contributed by atoms with E-state index in [2.05, 4.69) is 27.5 Å². The minimum absolute atomic E-state index is 0.104. The summed E-state index contributed by atoms with van der Waals surface area (Å²) in [7, 11) is 2.15. The number of amides is 2. The molecule has 2 heterocycles. The lowest BCUT2D eigenvalue weighted by Crippen LogP contribution is -2.45. The molecule has 0 atom stereocenters. The third-order valence-electron chi connectivity index (χ3n) is 5.37. The van der Waals surface area contributed by atoms with Crippen LogP contribution in [0, 0.1) is 0 Å². The summed E-state index contributed by atoms with van der Waals surface area (Å²) in [6, 6.07) is 13.0. The fraction of sp³-hybridized carbons (Fsp3) is 0.364. The van der Waals surface area contributed by atoms with Crippen molar-refractivity contribution < 1.29 is 9.59 Å². The highest BCUT2D eigenvalue weighted by Gasteiger charge is 2.20. The number of carbonyl (C=O) groups excluding carboxylic acids is 2. The van der Waals surface area contributed by atoms with Crippen molar-refractivity contribution in [1.29, 1.82) is 0 Å². The van der Waals surface area contributed by atoms with Crippen molar-refractivity contribution in [2.75, 3.05) is 51.6 Å². The van der Waals surface area contributed by atoms with Gasteiger partial charge in [-0.25, -0.2) is 0 Å². The van der Waals surface area contributed by atoms with Crippen LogP contribution in [0.25, 0.3) is 0 Å². The van der Waals surface area contributed by atoms with Gasteiger partial charge in [0.25, 0.3) is 11.8 Å². The van der Waals surface area contributed by atoms with Crippen LogP contribution in [0.5, 0.6) is 0 Å². The molecule has 2 aliphatic rings. The van der Waals surface area contributed by atoms with Crippen LogP contribution in [-0.4, -0.2) is 67.9 Å². The Labute approximate surface area is 175 Å². The number of anilines is 1. The van der Waals surface area contributed by atoms with Crippen LogP contribution in [-0.2, 0) is 0 Å². The van der Waals surface area contributed by atoms with Gasteiger partial charge >= 0.3 is 0 Å². The van der Waals surface area contributed by atoms with Crippen molar-refractivity contribution in [3.63, 3.8) is 0 Å². The third kappa shape index (κ3) is 4.80. The second-order valence-electron chi connectivity index (χ2n) is 7.52. The molecular weight excluding hydrogens is 384 g/mol. The topological polar surface area (TPSA) is 64.7 Å². The van der Waals surface area contributed by atoms with E-state index in [0.29, 0.717) is 23.4 Å². The Balaban J connectivity index is 1.33. The summed E-state index contributed by atoms with van der Waals surface area (Å²) < 4.78 is 0. The molecule has 2 N–H and O–H groups in total. The smallest absolute Gasteiger partial charge is 0.256 e. The molecule has 6 nitrogen and oxygen atoms in total. The fourth-order valence-corrected chi connectivity index (χ4v) is 4.60. The van der Waals surface area contributed by atoms with Gasteiger partial charge in [0.2, 0.25) is 0 Å². The molecule has 152 valence electrons. The van der Waals surface area contributed by atoms with Crippen molar-refractivity contribution >= 4 is 29.3 Å². The van der Waals surface area contributed by atoms with Crippen LogP contribution < -0.4 is 10.6 Å². The molecule has 0 radical (unpaired) electrons. The van der Waals surface area contributed by atoms with Crippen LogP contribution in [0.1, 0.15) is 27.1 Å². The van der Waals surface area contributed by atoms with E-state index in [-0.39, 0.29) is 11.8 Å². The fourth-order valence-electron chi connectivity index (χ4n) is 3.59. The molecule has 0 unspecified atom stereocenters. The quantitative estimate of drug-likeness (QED) is 0.742. The number of benzene rings is 2. The van der Waals surface area contributed by atoms with Crippen LogP contribution in [0.3, 0.4) is 0 Å². The van der Waals surface area contributed by atoms with Gasteiger partial charge in [-0.2, -0.15) is 0 Å². The van der Waals surface area contributed by atoms with E-state index in [1.54, 1.807) is 17.8 Å². The van der Waals surface area contributed by atoms with E-state index in [1.807, 2.05) is 36.4 Å². The predicted octanol–water partition coefficient (Wildman–Crippen LogP) is 2.77. The van der Waals surface area contributed by atoms with Crippen molar-refractivity contribution in [2.24, 2.45) is 0 Å². The maximum atomic E-state index is 12.6. The Morgan fingerprint density at radius 1 is 1.10 bits per heavy atom. The monoisotopic (exact) mass is 410 g/mol. The lowest BCUT2D eigenvalue weighted by atomic mass is 10.1. The second kappa shape index (κ2) is 8.98. The number of likely N-dealkylation sites (N-methyl/N-ethyl adjacent to an activating group) is 1. The van der Waals surface area contributed by atoms with Crippen LogP contribution in [0.4, 0.5) is 5.69 Å². The van der Waals surface area contributed by atoms with Crippen LogP contribution in [0.2, 0.25) is 0 Å². The molecule has 1 saturated heterocycles. The number of piperazine rings is 1. The first kappa shape index (κ1) is 19.9. The van der Waals surface area contributed by atoms with Crippen molar-refractivity contribution in [2.45, 2.75) is 16.2 Å². The molecule has 4 rings (SSSR count). The summed E-state index contributed by atoms with van der Waals surface area (Å²) >= 11 is 1.54. The van der Waals surface area contributed by atoms with Gasteiger partial charge in [-0.1, -0.05) is 23.9 Å². The number of hydrogen-bond donors (Lipinski definition) is 2. The first-order valence-electron chi connectivity index (χ1n) is 10.0. The molecule has 2 amide bonds. The summed E-state index contributed by atoms with van der Waals surface area (Å²) in [6.07, 6.45) is 0.933. The highest BCUT2D eigenvalue weighted by atomic mass is 32.2. The Kier molecular flexibility index (Phi) is 6.18. The molecule has 0 bridgehead atoms. The summed E-state index contributed by atoms with van der Waals surface area (Å²) in [4.78, 5) is 31.7. The van der Waals surface area contributed by atoms with Crippen molar-refractivity contribution in [3.05, 3.63) is 53.6 Å². The van der Waals surface area contributed by atoms with Crippen molar-refractivity contribution in [1.82, 2.24) is 15.1 Å². The molecule has 0 saturated carbocycles. The Hall–Kier alpha value is -2.35. The molecule has 0 aliphatic carbocycles. The van der Waals surface area contributed by atoms with Crippen molar-refractivity contribution in [3.8, 4) is 0 Å². The Bertz CT molecular complexity index is 909. The summed E-state index contributed by atoms with van der Waals surface area (Å²) in [5, 5.41) is 5.94.